The summed E-state index contributed by atoms with van der Waals surface area (Å²) in [5, 5.41) is 0. The topological polar surface area (TPSA) is 36.4 Å². The summed E-state index contributed by atoms with van der Waals surface area (Å²) in [6.07, 6.45) is 0.637. The SMILES string of the molecule is Cc1ccc(C(=O)N2CCCCC2)c(C2CCN(Cc3cccc(C(F)(F)F)c3)CC2)n1. The van der Waals surface area contributed by atoms with E-state index in [0.717, 1.165) is 69.3 Å². The van der Waals surface area contributed by atoms with Gasteiger partial charge < -0.3 is 4.90 Å². The quantitative estimate of drug-likeness (QED) is 0.631. The summed E-state index contributed by atoms with van der Waals surface area (Å²) < 4.78 is 39.0. The maximum absolute atomic E-state index is 13.2. The zero-order chi connectivity index (χ0) is 22.7. The van der Waals surface area contributed by atoms with Crippen molar-refractivity contribution in [1.29, 1.82) is 0 Å². The van der Waals surface area contributed by atoms with Gasteiger partial charge >= 0.3 is 6.18 Å². The highest BCUT2D eigenvalue weighted by Gasteiger charge is 2.31. The van der Waals surface area contributed by atoms with Crippen molar-refractivity contribution in [3.8, 4) is 0 Å². The largest absolute Gasteiger partial charge is 0.416 e. The standard InChI is InChI=1S/C25H30F3N3O/c1-18-8-9-22(24(32)31-12-3-2-4-13-31)23(29-18)20-10-14-30(15-11-20)17-19-6-5-7-21(16-19)25(26,27)28/h5-9,16,20H,2-4,10-15,17H2,1H3. The molecular formula is C25H30F3N3O. The Kier molecular flexibility index (Phi) is 6.84. The molecule has 1 aromatic carbocycles. The first kappa shape index (κ1) is 22.8. The maximum Gasteiger partial charge on any atom is 0.416 e. The number of pyridine rings is 1. The number of nitrogens with zero attached hydrogens (tertiary/aromatic N) is 3. The van der Waals surface area contributed by atoms with Gasteiger partial charge in [0.1, 0.15) is 0 Å². The minimum absolute atomic E-state index is 0.0820. The van der Waals surface area contributed by atoms with Crippen LogP contribution >= 0.6 is 0 Å². The molecule has 4 nitrogen and oxygen atoms in total. The predicted octanol–water partition coefficient (Wildman–Crippen LogP) is 5.41. The van der Waals surface area contributed by atoms with Crippen LogP contribution in [-0.4, -0.2) is 46.9 Å². The van der Waals surface area contributed by atoms with Gasteiger partial charge in [-0.15, -0.1) is 0 Å². The molecule has 2 aliphatic rings. The molecule has 0 unspecified atom stereocenters. The number of amides is 1. The fourth-order valence-corrected chi connectivity index (χ4v) is 4.80. The van der Waals surface area contributed by atoms with Gasteiger partial charge in [0.2, 0.25) is 0 Å². The van der Waals surface area contributed by atoms with Crippen molar-refractivity contribution in [3.63, 3.8) is 0 Å². The lowest BCUT2D eigenvalue weighted by Gasteiger charge is -2.33. The number of hydrogen-bond donors (Lipinski definition) is 0. The summed E-state index contributed by atoms with van der Waals surface area (Å²) in [7, 11) is 0. The molecule has 0 N–H and O–H groups in total. The molecule has 0 saturated carbocycles. The number of rotatable bonds is 4. The van der Waals surface area contributed by atoms with Gasteiger partial charge in [-0.1, -0.05) is 18.2 Å². The Labute approximate surface area is 187 Å². The summed E-state index contributed by atoms with van der Waals surface area (Å²) in [5.74, 6) is 0.273. The van der Waals surface area contributed by atoms with Crippen molar-refractivity contribution in [2.45, 2.75) is 57.7 Å². The Morgan fingerprint density at radius 2 is 1.75 bits per heavy atom. The lowest BCUT2D eigenvalue weighted by molar-refractivity contribution is -0.137. The number of aryl methyl sites for hydroxylation is 1. The monoisotopic (exact) mass is 445 g/mol. The van der Waals surface area contributed by atoms with Gasteiger partial charge in [0, 0.05) is 31.2 Å². The Balaban J connectivity index is 1.43. The highest BCUT2D eigenvalue weighted by atomic mass is 19.4. The molecule has 2 aliphatic heterocycles. The molecule has 2 saturated heterocycles. The molecule has 7 heteroatoms. The molecule has 4 rings (SSSR count). The van der Waals surface area contributed by atoms with E-state index in [9.17, 15) is 18.0 Å². The normalized spacial score (nSPS) is 18.7. The molecule has 2 fully saturated rings. The zero-order valence-corrected chi connectivity index (χ0v) is 18.5. The highest BCUT2D eigenvalue weighted by molar-refractivity contribution is 5.95. The van der Waals surface area contributed by atoms with Crippen LogP contribution in [0.5, 0.6) is 0 Å². The molecular weight excluding hydrogens is 415 g/mol. The van der Waals surface area contributed by atoms with Gasteiger partial charge in [0.15, 0.2) is 0 Å². The van der Waals surface area contributed by atoms with E-state index < -0.39 is 11.7 Å². The van der Waals surface area contributed by atoms with E-state index in [1.54, 1.807) is 6.07 Å². The van der Waals surface area contributed by atoms with Gasteiger partial charge in [-0.05, 0) is 75.9 Å². The third kappa shape index (κ3) is 5.31. The van der Waals surface area contributed by atoms with E-state index in [2.05, 4.69) is 4.90 Å². The average Bonchev–Trinajstić information content (AvgIpc) is 2.79. The van der Waals surface area contributed by atoms with Crippen LogP contribution in [0.2, 0.25) is 0 Å². The summed E-state index contributed by atoms with van der Waals surface area (Å²) in [6.45, 7) is 5.60. The van der Waals surface area contributed by atoms with E-state index in [1.807, 2.05) is 24.0 Å². The van der Waals surface area contributed by atoms with E-state index >= 15 is 0 Å². The van der Waals surface area contributed by atoms with E-state index in [-0.39, 0.29) is 11.8 Å². The average molecular weight is 446 g/mol. The number of halogens is 3. The van der Waals surface area contributed by atoms with Crippen molar-refractivity contribution < 1.29 is 18.0 Å². The van der Waals surface area contributed by atoms with Crippen molar-refractivity contribution in [1.82, 2.24) is 14.8 Å². The second-order valence-corrected chi connectivity index (χ2v) is 8.99. The van der Waals surface area contributed by atoms with Crippen molar-refractivity contribution in [3.05, 3.63) is 64.5 Å². The Morgan fingerprint density at radius 3 is 2.44 bits per heavy atom. The molecule has 0 radical (unpaired) electrons. The fraction of sp³-hybridized carbons (Fsp3) is 0.520. The molecule has 2 aromatic rings. The van der Waals surface area contributed by atoms with E-state index in [0.29, 0.717) is 17.7 Å². The number of carbonyl (C=O) groups excluding carboxylic acids is 1. The molecule has 0 atom stereocenters. The smallest absolute Gasteiger partial charge is 0.339 e. The third-order valence-corrected chi connectivity index (χ3v) is 6.57. The summed E-state index contributed by atoms with van der Waals surface area (Å²) in [5.41, 5.74) is 2.58. The molecule has 32 heavy (non-hydrogen) atoms. The number of aromatic nitrogens is 1. The van der Waals surface area contributed by atoms with Gasteiger partial charge in [-0.2, -0.15) is 13.2 Å². The van der Waals surface area contributed by atoms with Gasteiger partial charge in [-0.3, -0.25) is 14.7 Å². The van der Waals surface area contributed by atoms with E-state index in [1.165, 1.54) is 18.6 Å². The molecule has 0 spiro atoms. The van der Waals surface area contributed by atoms with Crippen LogP contribution in [0, 0.1) is 6.92 Å². The van der Waals surface area contributed by atoms with Crippen LogP contribution in [0.15, 0.2) is 36.4 Å². The molecule has 1 aromatic heterocycles. The second-order valence-electron chi connectivity index (χ2n) is 8.99. The predicted molar refractivity (Wildman–Crippen MR) is 117 cm³/mol. The van der Waals surface area contributed by atoms with Gasteiger partial charge in [0.25, 0.3) is 5.91 Å². The van der Waals surface area contributed by atoms with Crippen LogP contribution < -0.4 is 0 Å². The lowest BCUT2D eigenvalue weighted by atomic mass is 9.89. The third-order valence-electron chi connectivity index (χ3n) is 6.57. The van der Waals surface area contributed by atoms with Crippen molar-refractivity contribution >= 4 is 5.91 Å². The van der Waals surface area contributed by atoms with Crippen LogP contribution in [0.25, 0.3) is 0 Å². The minimum Gasteiger partial charge on any atom is -0.339 e. The Hall–Kier alpha value is -2.41. The van der Waals surface area contributed by atoms with Gasteiger partial charge in [0.05, 0.1) is 16.8 Å². The minimum atomic E-state index is -4.32. The molecule has 172 valence electrons. The highest BCUT2D eigenvalue weighted by Crippen LogP contribution is 2.32. The van der Waals surface area contributed by atoms with Crippen molar-refractivity contribution in [2.75, 3.05) is 26.2 Å². The molecule has 0 aliphatic carbocycles. The fourth-order valence-electron chi connectivity index (χ4n) is 4.80. The van der Waals surface area contributed by atoms with Crippen LogP contribution in [-0.2, 0) is 12.7 Å². The first-order valence-corrected chi connectivity index (χ1v) is 11.5. The number of carbonyl (C=O) groups is 1. The number of alkyl halides is 3. The number of piperidine rings is 2. The molecule has 1 amide bonds. The molecule has 3 heterocycles. The van der Waals surface area contributed by atoms with Gasteiger partial charge in [-0.25, -0.2) is 0 Å². The van der Waals surface area contributed by atoms with Crippen LogP contribution in [0.4, 0.5) is 13.2 Å². The van der Waals surface area contributed by atoms with Crippen LogP contribution in [0.1, 0.15) is 70.9 Å². The number of likely N-dealkylation sites (tertiary alicyclic amines) is 2. The first-order chi connectivity index (χ1) is 15.3. The molecule has 0 bridgehead atoms. The number of benzene rings is 1. The summed E-state index contributed by atoms with van der Waals surface area (Å²) in [4.78, 5) is 22.1. The van der Waals surface area contributed by atoms with Crippen LogP contribution in [0.3, 0.4) is 0 Å². The first-order valence-electron chi connectivity index (χ1n) is 11.5. The second kappa shape index (κ2) is 9.61. The lowest BCUT2D eigenvalue weighted by Crippen LogP contribution is -2.37. The Morgan fingerprint density at radius 1 is 1.03 bits per heavy atom. The summed E-state index contributed by atoms with van der Waals surface area (Å²) >= 11 is 0. The van der Waals surface area contributed by atoms with Crippen molar-refractivity contribution in [2.24, 2.45) is 0 Å². The van der Waals surface area contributed by atoms with E-state index in [4.69, 9.17) is 4.98 Å². The summed E-state index contributed by atoms with van der Waals surface area (Å²) in [6, 6.07) is 9.40. The number of hydrogen-bond acceptors (Lipinski definition) is 3. The Bertz CT molecular complexity index is 946. The zero-order valence-electron chi connectivity index (χ0n) is 18.5. The maximum atomic E-state index is 13.2.